The van der Waals surface area contributed by atoms with Gasteiger partial charge in [-0.15, -0.1) is 11.3 Å². The van der Waals surface area contributed by atoms with Gasteiger partial charge in [-0.2, -0.15) is 0 Å². The Labute approximate surface area is 123 Å². The van der Waals surface area contributed by atoms with Gasteiger partial charge >= 0.3 is 0 Å². The van der Waals surface area contributed by atoms with Gasteiger partial charge in [-0.25, -0.2) is 0 Å². The first kappa shape index (κ1) is 15.0. The Hall–Kier alpha value is -1.35. The van der Waals surface area contributed by atoms with Crippen molar-refractivity contribution in [2.24, 2.45) is 0 Å². The van der Waals surface area contributed by atoms with Gasteiger partial charge in [0.05, 0.1) is 0 Å². The van der Waals surface area contributed by atoms with Gasteiger partial charge in [0.2, 0.25) is 0 Å². The lowest BCUT2D eigenvalue weighted by atomic mass is 9.91. The first-order chi connectivity index (χ1) is 9.77. The normalized spacial score (nSPS) is 14.3. The van der Waals surface area contributed by atoms with Gasteiger partial charge in [0.25, 0.3) is 5.91 Å². The minimum Gasteiger partial charge on any atom is -0.396 e. The fourth-order valence-electron chi connectivity index (χ4n) is 2.23. The monoisotopic (exact) mass is 293 g/mol. The molecule has 20 heavy (non-hydrogen) atoms. The Morgan fingerprint density at radius 2 is 2.25 bits per heavy atom. The molecule has 4 nitrogen and oxygen atoms in total. The summed E-state index contributed by atoms with van der Waals surface area (Å²) in [5, 5.41) is 19.6. The van der Waals surface area contributed by atoms with Crippen LogP contribution in [-0.2, 0) is 0 Å². The van der Waals surface area contributed by atoms with E-state index in [9.17, 15) is 4.79 Å². The number of aliphatic hydroxyl groups is 2. The molecule has 1 fully saturated rings. The van der Waals surface area contributed by atoms with E-state index in [1.807, 2.05) is 16.3 Å². The average molecular weight is 293 g/mol. The van der Waals surface area contributed by atoms with E-state index in [0.29, 0.717) is 29.4 Å². The van der Waals surface area contributed by atoms with E-state index in [1.165, 1.54) is 11.3 Å². The third-order valence-electron chi connectivity index (χ3n) is 3.50. The maximum absolute atomic E-state index is 12.7. The third kappa shape index (κ3) is 3.40. The molecule has 5 heteroatoms. The number of nitrogens with zero attached hydrogens (tertiary/aromatic N) is 1. The maximum Gasteiger partial charge on any atom is 0.265 e. The zero-order valence-electron chi connectivity index (χ0n) is 11.3. The van der Waals surface area contributed by atoms with E-state index in [1.54, 1.807) is 0 Å². The van der Waals surface area contributed by atoms with Gasteiger partial charge in [-0.05, 0) is 37.1 Å². The highest BCUT2D eigenvalue weighted by molar-refractivity contribution is 7.12. The van der Waals surface area contributed by atoms with E-state index < -0.39 is 0 Å². The van der Waals surface area contributed by atoms with Gasteiger partial charge in [0.15, 0.2) is 0 Å². The Morgan fingerprint density at radius 1 is 1.45 bits per heavy atom. The first-order valence-electron chi connectivity index (χ1n) is 6.87. The van der Waals surface area contributed by atoms with Crippen LogP contribution < -0.4 is 0 Å². The summed E-state index contributed by atoms with van der Waals surface area (Å²) >= 11 is 1.38. The molecular formula is C15H19NO3S. The van der Waals surface area contributed by atoms with Crippen molar-refractivity contribution in [3.05, 3.63) is 21.9 Å². The van der Waals surface area contributed by atoms with Crippen molar-refractivity contribution in [2.75, 3.05) is 19.8 Å². The van der Waals surface area contributed by atoms with Crippen molar-refractivity contribution in [2.45, 2.75) is 31.7 Å². The van der Waals surface area contributed by atoms with Crippen molar-refractivity contribution in [1.82, 2.24) is 4.90 Å². The zero-order chi connectivity index (χ0) is 14.4. The van der Waals surface area contributed by atoms with E-state index in [4.69, 9.17) is 10.2 Å². The molecule has 1 saturated carbocycles. The average Bonchev–Trinajstić information content (AvgIpc) is 2.86. The molecule has 1 heterocycles. The van der Waals surface area contributed by atoms with E-state index in [2.05, 4.69) is 11.8 Å². The smallest absolute Gasteiger partial charge is 0.265 e. The molecule has 0 aliphatic heterocycles. The van der Waals surface area contributed by atoms with Crippen LogP contribution >= 0.6 is 11.3 Å². The number of aliphatic hydroxyl groups excluding tert-OH is 2. The Balaban J connectivity index is 2.16. The summed E-state index contributed by atoms with van der Waals surface area (Å²) in [6, 6.07) is 2.11. The van der Waals surface area contributed by atoms with Crippen molar-refractivity contribution >= 4 is 17.2 Å². The number of hydrogen-bond acceptors (Lipinski definition) is 4. The van der Waals surface area contributed by atoms with Crippen LogP contribution in [0.5, 0.6) is 0 Å². The van der Waals surface area contributed by atoms with E-state index in [0.717, 1.165) is 19.3 Å². The molecule has 2 N–H and O–H groups in total. The fourth-order valence-corrected chi connectivity index (χ4v) is 3.03. The van der Waals surface area contributed by atoms with Crippen LogP contribution in [0.25, 0.3) is 0 Å². The second-order valence-electron chi connectivity index (χ2n) is 4.78. The summed E-state index contributed by atoms with van der Waals surface area (Å²) < 4.78 is 0. The Kier molecular flexibility index (Phi) is 5.60. The summed E-state index contributed by atoms with van der Waals surface area (Å²) in [6.45, 7) is 0.475. The van der Waals surface area contributed by atoms with E-state index >= 15 is 0 Å². The summed E-state index contributed by atoms with van der Waals surface area (Å²) in [7, 11) is 0. The van der Waals surface area contributed by atoms with Crippen molar-refractivity contribution in [1.29, 1.82) is 0 Å². The van der Waals surface area contributed by atoms with Crippen molar-refractivity contribution in [3.63, 3.8) is 0 Å². The second kappa shape index (κ2) is 7.44. The SMILES string of the molecule is O=C(c1sccc1C#CCO)N(CCCO)C1CCC1. The summed E-state index contributed by atoms with van der Waals surface area (Å²) in [5.41, 5.74) is 0.683. The van der Waals surface area contributed by atoms with Gasteiger partial charge in [-0.3, -0.25) is 4.79 Å². The standard InChI is InChI=1S/C15H19NO3S/c17-9-2-4-12-7-11-20-14(12)15(19)16(8-3-10-18)13-5-1-6-13/h7,11,13,17-18H,1,3,5-6,8-10H2. The lowest BCUT2D eigenvalue weighted by Gasteiger charge is -2.37. The molecule has 1 aromatic heterocycles. The molecule has 0 atom stereocenters. The van der Waals surface area contributed by atoms with Gasteiger partial charge in [0.1, 0.15) is 11.5 Å². The molecule has 1 amide bonds. The van der Waals surface area contributed by atoms with Crippen molar-refractivity contribution < 1.29 is 15.0 Å². The predicted molar refractivity (Wildman–Crippen MR) is 78.7 cm³/mol. The number of carbonyl (C=O) groups is 1. The third-order valence-corrected chi connectivity index (χ3v) is 4.40. The van der Waals surface area contributed by atoms with Crippen LogP contribution in [0.3, 0.4) is 0 Å². The predicted octanol–water partition coefficient (Wildman–Crippen LogP) is 1.47. The van der Waals surface area contributed by atoms with Crippen LogP contribution in [0, 0.1) is 11.8 Å². The Morgan fingerprint density at radius 3 is 2.85 bits per heavy atom. The van der Waals surface area contributed by atoms with Crippen LogP contribution in [0.15, 0.2) is 11.4 Å². The molecule has 0 radical (unpaired) electrons. The summed E-state index contributed by atoms with van der Waals surface area (Å²) in [6.07, 6.45) is 3.85. The van der Waals surface area contributed by atoms with Gasteiger partial charge < -0.3 is 15.1 Å². The lowest BCUT2D eigenvalue weighted by molar-refractivity contribution is 0.0567. The molecule has 0 unspecified atom stereocenters. The molecular weight excluding hydrogens is 274 g/mol. The largest absolute Gasteiger partial charge is 0.396 e. The summed E-state index contributed by atoms with van der Waals surface area (Å²) in [5.74, 6) is 5.41. The summed E-state index contributed by atoms with van der Waals surface area (Å²) in [4.78, 5) is 15.2. The quantitative estimate of drug-likeness (QED) is 0.808. The second-order valence-corrected chi connectivity index (χ2v) is 5.70. The topological polar surface area (TPSA) is 60.8 Å². The van der Waals surface area contributed by atoms with Crippen LogP contribution in [0.2, 0.25) is 0 Å². The minimum absolute atomic E-state index is 0.000361. The number of rotatable bonds is 5. The Bertz CT molecular complexity index is 511. The minimum atomic E-state index is -0.208. The van der Waals surface area contributed by atoms with Crippen molar-refractivity contribution in [3.8, 4) is 11.8 Å². The number of amides is 1. The zero-order valence-corrected chi connectivity index (χ0v) is 12.2. The molecule has 0 saturated heterocycles. The molecule has 108 valence electrons. The number of carbonyl (C=O) groups excluding carboxylic acids is 1. The molecule has 1 aromatic rings. The van der Waals surface area contributed by atoms with E-state index in [-0.39, 0.29) is 19.1 Å². The maximum atomic E-state index is 12.7. The lowest BCUT2D eigenvalue weighted by Crippen LogP contribution is -2.44. The molecule has 0 aromatic carbocycles. The fraction of sp³-hybridized carbons (Fsp3) is 0.533. The molecule has 0 bridgehead atoms. The highest BCUT2D eigenvalue weighted by Gasteiger charge is 2.30. The molecule has 2 rings (SSSR count). The number of hydrogen-bond donors (Lipinski definition) is 2. The number of thiophene rings is 1. The van der Waals surface area contributed by atoms with Gasteiger partial charge in [0, 0.05) is 24.8 Å². The first-order valence-corrected chi connectivity index (χ1v) is 7.75. The highest BCUT2D eigenvalue weighted by Crippen LogP contribution is 2.28. The molecule has 1 aliphatic carbocycles. The molecule has 0 spiro atoms. The molecule has 1 aliphatic rings. The van der Waals surface area contributed by atoms with Crippen LogP contribution in [0.1, 0.15) is 40.9 Å². The van der Waals surface area contributed by atoms with Gasteiger partial charge in [-0.1, -0.05) is 11.8 Å². The van der Waals surface area contributed by atoms with Crippen LogP contribution in [0.4, 0.5) is 0 Å². The highest BCUT2D eigenvalue weighted by atomic mass is 32.1. The van der Waals surface area contributed by atoms with Crippen LogP contribution in [-0.4, -0.2) is 46.8 Å².